The Morgan fingerprint density at radius 2 is 2.28 bits per heavy atom. The van der Waals surface area contributed by atoms with Gasteiger partial charge in [0.05, 0.1) is 16.8 Å². The summed E-state index contributed by atoms with van der Waals surface area (Å²) >= 11 is 2.67. The Labute approximate surface area is 153 Å². The summed E-state index contributed by atoms with van der Waals surface area (Å²) in [6.07, 6.45) is -0.818. The second kappa shape index (κ2) is 6.15. The highest BCUT2D eigenvalue weighted by Gasteiger charge is 2.45. The van der Waals surface area contributed by atoms with Crippen LogP contribution in [0, 0.1) is 12.1 Å². The van der Waals surface area contributed by atoms with Crippen LogP contribution in [-0.2, 0) is 4.74 Å². The number of nitrogens with zero attached hydrogens (tertiary/aromatic N) is 3. The fourth-order valence-corrected chi connectivity index (χ4v) is 4.60. The Kier molecular flexibility index (Phi) is 4.09. The lowest BCUT2D eigenvalue weighted by Crippen LogP contribution is -2.50. The number of rotatable bonds is 3. The van der Waals surface area contributed by atoms with Crippen LogP contribution >= 0.6 is 22.7 Å². The number of likely N-dealkylation sites (N-methyl/N-ethyl adjacent to an activating group) is 1. The number of aromatic nitrogens is 1. The Balaban J connectivity index is 1.67. The molecule has 1 fully saturated rings. The first kappa shape index (κ1) is 16.6. The molecule has 6 nitrogen and oxygen atoms in total. The summed E-state index contributed by atoms with van der Waals surface area (Å²) in [7, 11) is 1.85. The molecular formula is C17H17N3O3S2. The molecule has 1 aliphatic heterocycles. The Hall–Kier alpha value is -1.84. The van der Waals surface area contributed by atoms with Crippen molar-refractivity contribution in [2.24, 2.45) is 0 Å². The molecule has 1 aliphatic rings. The maximum atomic E-state index is 13.6. The molecule has 1 saturated heterocycles. The van der Waals surface area contributed by atoms with E-state index < -0.39 is 16.8 Å². The van der Waals surface area contributed by atoms with Crippen molar-refractivity contribution < 1.29 is 9.53 Å². The van der Waals surface area contributed by atoms with Crippen molar-refractivity contribution in [3.05, 3.63) is 51.4 Å². The SMILES string of the molecule is Cc1ccc2sc([N+]3([O-])CN(C)CC3OC(=O)c3cccs3)nc2c1. The number of benzene rings is 1. The van der Waals surface area contributed by atoms with E-state index in [1.165, 1.54) is 22.7 Å². The molecule has 3 aromatic rings. The van der Waals surface area contributed by atoms with Gasteiger partial charge < -0.3 is 9.94 Å². The normalized spacial score (nSPS) is 24.0. The summed E-state index contributed by atoms with van der Waals surface area (Å²) < 4.78 is 5.78. The summed E-state index contributed by atoms with van der Waals surface area (Å²) in [5.41, 5.74) is 1.91. The third-order valence-electron chi connectivity index (χ3n) is 4.21. The molecule has 2 unspecified atom stereocenters. The zero-order chi connectivity index (χ0) is 17.6. The van der Waals surface area contributed by atoms with Crippen LogP contribution in [0.3, 0.4) is 0 Å². The third kappa shape index (κ3) is 2.96. The molecule has 0 radical (unpaired) electrons. The average molecular weight is 375 g/mol. The lowest BCUT2D eigenvalue weighted by atomic mass is 10.2. The highest BCUT2D eigenvalue weighted by Crippen LogP contribution is 2.38. The number of aryl methyl sites for hydroxylation is 1. The number of carbonyl (C=O) groups is 1. The molecule has 0 amide bonds. The molecular weight excluding hydrogens is 358 g/mol. The number of hydrogen-bond donors (Lipinski definition) is 0. The third-order valence-corrected chi connectivity index (χ3v) is 6.20. The highest BCUT2D eigenvalue weighted by atomic mass is 32.1. The van der Waals surface area contributed by atoms with Gasteiger partial charge in [0.2, 0.25) is 0 Å². The summed E-state index contributed by atoms with van der Waals surface area (Å²) in [4.78, 5) is 19.2. The van der Waals surface area contributed by atoms with E-state index in [0.717, 1.165) is 15.8 Å². The standard InChI is InChI=1S/C17H17N3O3S2/c1-11-5-6-13-12(8-11)18-17(25-13)20(22)10-19(2)9-15(20)23-16(21)14-4-3-7-24-14/h3-8,15H,9-10H2,1-2H3. The molecule has 0 aliphatic carbocycles. The van der Waals surface area contributed by atoms with Crippen molar-refractivity contribution in [3.8, 4) is 0 Å². The molecule has 1 aromatic carbocycles. The van der Waals surface area contributed by atoms with Gasteiger partial charge in [-0.05, 0) is 43.1 Å². The van der Waals surface area contributed by atoms with E-state index in [0.29, 0.717) is 16.6 Å². The topological polar surface area (TPSA) is 65.5 Å². The number of hydrogen-bond acceptors (Lipinski definition) is 7. The van der Waals surface area contributed by atoms with Crippen LogP contribution in [0.25, 0.3) is 10.2 Å². The monoisotopic (exact) mass is 375 g/mol. The molecule has 0 saturated carbocycles. The van der Waals surface area contributed by atoms with Crippen molar-refractivity contribution in [1.82, 2.24) is 14.5 Å². The Morgan fingerprint density at radius 1 is 1.44 bits per heavy atom. The molecule has 25 heavy (non-hydrogen) atoms. The number of fused-ring (bicyclic) bond motifs is 1. The van der Waals surface area contributed by atoms with Gasteiger partial charge in [-0.3, -0.25) is 4.65 Å². The first-order valence-electron chi connectivity index (χ1n) is 7.85. The van der Waals surface area contributed by atoms with Crippen molar-refractivity contribution in [1.29, 1.82) is 0 Å². The summed E-state index contributed by atoms with van der Waals surface area (Å²) in [6, 6.07) is 9.44. The van der Waals surface area contributed by atoms with E-state index in [4.69, 9.17) is 4.74 Å². The number of esters is 1. The number of hydroxylamine groups is 2. The average Bonchev–Trinajstić information content (AvgIpc) is 3.27. The molecule has 130 valence electrons. The molecule has 2 aromatic heterocycles. The Morgan fingerprint density at radius 3 is 3.04 bits per heavy atom. The van der Waals surface area contributed by atoms with Crippen LogP contribution in [0.4, 0.5) is 5.13 Å². The van der Waals surface area contributed by atoms with Crippen molar-refractivity contribution in [3.63, 3.8) is 0 Å². The van der Waals surface area contributed by atoms with Gasteiger partial charge in [-0.1, -0.05) is 23.5 Å². The lowest BCUT2D eigenvalue weighted by molar-refractivity contribution is 0.00627. The van der Waals surface area contributed by atoms with Gasteiger partial charge in [-0.25, -0.2) is 9.69 Å². The first-order chi connectivity index (χ1) is 12.0. The van der Waals surface area contributed by atoms with E-state index in [2.05, 4.69) is 4.98 Å². The molecule has 2 atom stereocenters. The Bertz CT molecular complexity index is 925. The van der Waals surface area contributed by atoms with Crippen LogP contribution in [0.15, 0.2) is 35.7 Å². The fraction of sp³-hybridized carbons (Fsp3) is 0.294. The van der Waals surface area contributed by atoms with E-state index in [1.807, 2.05) is 42.5 Å². The molecule has 0 bridgehead atoms. The molecule has 0 N–H and O–H groups in total. The van der Waals surface area contributed by atoms with Crippen LogP contribution in [0.2, 0.25) is 0 Å². The summed E-state index contributed by atoms with van der Waals surface area (Å²) in [5, 5.41) is 15.8. The molecule has 8 heteroatoms. The molecule has 4 rings (SSSR count). The predicted molar refractivity (Wildman–Crippen MR) is 101 cm³/mol. The quantitative estimate of drug-likeness (QED) is 0.398. The van der Waals surface area contributed by atoms with Crippen LogP contribution in [0.1, 0.15) is 15.2 Å². The van der Waals surface area contributed by atoms with Crippen LogP contribution in [0.5, 0.6) is 0 Å². The number of thiazole rings is 1. The smallest absolute Gasteiger partial charge is 0.352 e. The van der Waals surface area contributed by atoms with Gasteiger partial charge >= 0.3 is 5.97 Å². The van der Waals surface area contributed by atoms with Gasteiger partial charge in [0.1, 0.15) is 11.5 Å². The van der Waals surface area contributed by atoms with Gasteiger partial charge in [-0.15, -0.1) is 11.3 Å². The van der Waals surface area contributed by atoms with Crippen LogP contribution < -0.4 is 4.65 Å². The van der Waals surface area contributed by atoms with E-state index in [-0.39, 0.29) is 6.67 Å². The van der Waals surface area contributed by atoms with E-state index in [9.17, 15) is 10.0 Å². The summed E-state index contributed by atoms with van der Waals surface area (Å²) in [5.74, 6) is -0.453. The van der Waals surface area contributed by atoms with E-state index in [1.54, 1.807) is 12.1 Å². The van der Waals surface area contributed by atoms with Crippen molar-refractivity contribution in [2.75, 3.05) is 20.3 Å². The lowest BCUT2D eigenvalue weighted by Gasteiger charge is -2.38. The van der Waals surface area contributed by atoms with Crippen molar-refractivity contribution in [2.45, 2.75) is 13.2 Å². The maximum Gasteiger partial charge on any atom is 0.352 e. The zero-order valence-electron chi connectivity index (χ0n) is 13.8. The maximum absolute atomic E-state index is 13.6. The predicted octanol–water partition coefficient (Wildman–Crippen LogP) is 3.56. The number of quaternary nitrogens is 1. The number of ether oxygens (including phenoxy) is 1. The fourth-order valence-electron chi connectivity index (χ4n) is 2.98. The van der Waals surface area contributed by atoms with Crippen LogP contribution in [-0.4, -0.2) is 42.3 Å². The zero-order valence-corrected chi connectivity index (χ0v) is 15.5. The second-order valence-electron chi connectivity index (χ2n) is 6.28. The molecule has 3 heterocycles. The van der Waals surface area contributed by atoms with Crippen molar-refractivity contribution >= 4 is 44.0 Å². The van der Waals surface area contributed by atoms with Gasteiger partial charge in [0.25, 0.3) is 11.4 Å². The number of carbonyl (C=O) groups excluding carboxylic acids is 1. The first-order valence-corrected chi connectivity index (χ1v) is 9.55. The van der Waals surface area contributed by atoms with Gasteiger partial charge in [0.15, 0.2) is 0 Å². The van der Waals surface area contributed by atoms with E-state index >= 15 is 0 Å². The second-order valence-corrected chi connectivity index (χ2v) is 8.24. The number of thiophene rings is 1. The molecule has 0 spiro atoms. The minimum atomic E-state index is -0.818. The van der Waals surface area contributed by atoms with Gasteiger partial charge in [-0.2, -0.15) is 4.98 Å². The summed E-state index contributed by atoms with van der Waals surface area (Å²) in [6.45, 7) is 2.59. The van der Waals surface area contributed by atoms with Gasteiger partial charge in [0, 0.05) is 0 Å². The minimum absolute atomic E-state index is 0.210. The highest BCUT2D eigenvalue weighted by molar-refractivity contribution is 7.22. The largest absolute Gasteiger partial charge is 0.622 e. The minimum Gasteiger partial charge on any atom is -0.622 e.